The second kappa shape index (κ2) is 7.93. The average molecular weight is 419 g/mol. The molecule has 4 aliphatic carbocycles. The summed E-state index contributed by atoms with van der Waals surface area (Å²) in [5.74, 6) is -0.928. The Kier molecular flexibility index (Phi) is 5.62. The molecule has 0 spiro atoms. The van der Waals surface area contributed by atoms with Gasteiger partial charge in [0, 0.05) is 6.04 Å². The largest absolute Gasteiger partial charge is 0.351 e. The molecule has 30 heavy (non-hydrogen) atoms. The van der Waals surface area contributed by atoms with Crippen LogP contribution in [0.25, 0.3) is 0 Å². The van der Waals surface area contributed by atoms with Gasteiger partial charge in [0.1, 0.15) is 23.2 Å². The molecule has 0 radical (unpaired) electrons. The van der Waals surface area contributed by atoms with Gasteiger partial charge in [0.05, 0.1) is 0 Å². The molecule has 4 aliphatic rings. The summed E-state index contributed by atoms with van der Waals surface area (Å²) in [6.45, 7) is 5.72. The maximum absolute atomic E-state index is 14.0. The van der Waals surface area contributed by atoms with Gasteiger partial charge in [0.15, 0.2) is 0 Å². The fourth-order valence-corrected chi connectivity index (χ4v) is 6.63. The first kappa shape index (κ1) is 21.3. The molecule has 0 unspecified atom stereocenters. The monoisotopic (exact) mass is 418 g/mol. The fraction of sp³-hybridized carbons (Fsp3) is 0.667. The number of hydrogen-bond donors (Lipinski definition) is 2. The highest BCUT2D eigenvalue weighted by Crippen LogP contribution is 2.61. The Labute approximate surface area is 177 Å². The Hall–Kier alpha value is -1.98. The number of hydrogen-bond acceptors (Lipinski definition) is 2. The summed E-state index contributed by atoms with van der Waals surface area (Å²) < 4.78 is 28.0. The van der Waals surface area contributed by atoms with E-state index in [1.807, 2.05) is 13.8 Å². The highest BCUT2D eigenvalue weighted by molar-refractivity contribution is 5.98. The van der Waals surface area contributed by atoms with Crippen molar-refractivity contribution < 1.29 is 18.4 Å². The van der Waals surface area contributed by atoms with E-state index < -0.39 is 29.1 Å². The normalized spacial score (nSPS) is 31.5. The first-order valence-electron chi connectivity index (χ1n) is 11.2. The van der Waals surface area contributed by atoms with E-state index in [0.29, 0.717) is 0 Å². The summed E-state index contributed by atoms with van der Waals surface area (Å²) >= 11 is 0. The molecule has 1 aromatic rings. The molecule has 0 aromatic heterocycles. The lowest BCUT2D eigenvalue weighted by Crippen LogP contribution is -2.59. The van der Waals surface area contributed by atoms with Gasteiger partial charge >= 0.3 is 0 Å². The van der Waals surface area contributed by atoms with Gasteiger partial charge in [-0.1, -0.05) is 19.9 Å². The molecule has 2 N–H and O–H groups in total. The van der Waals surface area contributed by atoms with Gasteiger partial charge in [0.2, 0.25) is 5.91 Å². The summed E-state index contributed by atoms with van der Waals surface area (Å²) in [5.41, 5.74) is -0.502. The van der Waals surface area contributed by atoms with Crippen LogP contribution in [0, 0.1) is 40.7 Å². The van der Waals surface area contributed by atoms with Gasteiger partial charge in [-0.15, -0.1) is 0 Å². The van der Waals surface area contributed by atoms with Crippen molar-refractivity contribution in [3.05, 3.63) is 35.4 Å². The summed E-state index contributed by atoms with van der Waals surface area (Å²) in [7, 11) is 0. The Balaban J connectivity index is 1.46. The maximum atomic E-state index is 14.0. The number of carbonyl (C=O) groups excluding carboxylic acids is 2. The molecular weight excluding hydrogens is 386 g/mol. The van der Waals surface area contributed by atoms with Gasteiger partial charge in [-0.2, -0.15) is 0 Å². The molecule has 4 bridgehead atoms. The molecule has 1 aromatic carbocycles. The van der Waals surface area contributed by atoms with E-state index in [-0.39, 0.29) is 23.3 Å². The second-order valence-electron chi connectivity index (χ2n) is 10.3. The van der Waals surface area contributed by atoms with Crippen LogP contribution in [0.5, 0.6) is 0 Å². The number of halogens is 2. The Bertz CT molecular complexity index is 783. The molecule has 4 fully saturated rings. The van der Waals surface area contributed by atoms with Crippen LogP contribution in [0.1, 0.15) is 69.7 Å². The summed E-state index contributed by atoms with van der Waals surface area (Å²) in [4.78, 5) is 25.7. The number of carbonyl (C=O) groups is 2. The van der Waals surface area contributed by atoms with Gasteiger partial charge in [-0.25, -0.2) is 8.78 Å². The number of rotatable bonds is 6. The van der Waals surface area contributed by atoms with E-state index in [9.17, 15) is 18.4 Å². The first-order chi connectivity index (χ1) is 14.2. The lowest BCUT2D eigenvalue weighted by atomic mass is 9.48. The van der Waals surface area contributed by atoms with Gasteiger partial charge in [-0.05, 0) is 86.7 Å². The number of nitrogens with one attached hydrogen (secondary N) is 2. The zero-order chi connectivity index (χ0) is 21.6. The van der Waals surface area contributed by atoms with Gasteiger partial charge in [-0.3, -0.25) is 9.59 Å². The zero-order valence-corrected chi connectivity index (χ0v) is 18.0. The van der Waals surface area contributed by atoms with E-state index in [1.165, 1.54) is 44.6 Å². The van der Waals surface area contributed by atoms with Crippen LogP contribution >= 0.6 is 0 Å². The van der Waals surface area contributed by atoms with Crippen molar-refractivity contribution in [1.82, 2.24) is 10.6 Å². The molecule has 0 aliphatic heterocycles. The maximum Gasteiger partial charge on any atom is 0.257 e. The minimum atomic E-state index is -0.933. The highest BCUT2D eigenvalue weighted by atomic mass is 19.1. The predicted octanol–water partition coefficient (Wildman–Crippen LogP) is 4.44. The van der Waals surface area contributed by atoms with Crippen LogP contribution in [0.3, 0.4) is 0 Å². The van der Waals surface area contributed by atoms with E-state index in [0.717, 1.165) is 29.9 Å². The van der Waals surface area contributed by atoms with Crippen LogP contribution < -0.4 is 10.6 Å². The zero-order valence-electron chi connectivity index (χ0n) is 18.0. The molecular formula is C24H32F2N2O2. The van der Waals surface area contributed by atoms with Crippen molar-refractivity contribution in [3.8, 4) is 0 Å². The quantitative estimate of drug-likeness (QED) is 0.718. The lowest BCUT2D eigenvalue weighted by molar-refractivity contribution is -0.128. The molecule has 4 saturated carbocycles. The van der Waals surface area contributed by atoms with Crippen LogP contribution in [0.4, 0.5) is 8.78 Å². The molecule has 2 atom stereocenters. The van der Waals surface area contributed by atoms with E-state index in [2.05, 4.69) is 17.6 Å². The molecule has 2 amide bonds. The highest BCUT2D eigenvalue weighted by Gasteiger charge is 2.53. The topological polar surface area (TPSA) is 58.2 Å². The minimum absolute atomic E-state index is 0.0155. The third-order valence-corrected chi connectivity index (χ3v) is 7.79. The van der Waals surface area contributed by atoms with Crippen molar-refractivity contribution in [2.45, 2.75) is 71.4 Å². The molecule has 6 heteroatoms. The summed E-state index contributed by atoms with van der Waals surface area (Å²) in [6, 6.07) is 2.45. The van der Waals surface area contributed by atoms with Crippen molar-refractivity contribution in [2.24, 2.45) is 29.1 Å². The van der Waals surface area contributed by atoms with Gasteiger partial charge < -0.3 is 10.6 Å². The van der Waals surface area contributed by atoms with E-state index >= 15 is 0 Å². The molecule has 0 heterocycles. The Morgan fingerprint density at radius 2 is 1.43 bits per heavy atom. The fourth-order valence-electron chi connectivity index (χ4n) is 6.63. The van der Waals surface area contributed by atoms with E-state index in [1.54, 1.807) is 0 Å². The second-order valence-corrected chi connectivity index (χ2v) is 10.3. The summed E-state index contributed by atoms with van der Waals surface area (Å²) in [5, 5.41) is 5.73. The smallest absolute Gasteiger partial charge is 0.257 e. The van der Waals surface area contributed by atoms with Crippen molar-refractivity contribution >= 4 is 11.8 Å². The SMILES string of the molecule is CC(C)[C@H](NC(=O)c1c(F)cccc1F)C(=O)N[C@@H](C)C12CC3CC(CC(C3)C1)C2. The standard InChI is InChI=1S/C24H32F2N2O2/c1-13(2)21(28-22(29)20-18(25)5-4-6-19(20)26)23(30)27-14(3)24-10-15-7-16(11-24)9-17(8-15)12-24/h4-6,13-17,21H,7-12H2,1-3H3,(H,27,30)(H,28,29)/t14-,15?,16?,17?,21-,24?/m0/s1. The first-order valence-corrected chi connectivity index (χ1v) is 11.2. The third-order valence-electron chi connectivity index (χ3n) is 7.79. The number of benzene rings is 1. The Morgan fingerprint density at radius 3 is 1.90 bits per heavy atom. The average Bonchev–Trinajstić information content (AvgIpc) is 2.64. The van der Waals surface area contributed by atoms with Crippen molar-refractivity contribution in [3.63, 3.8) is 0 Å². The third kappa shape index (κ3) is 3.85. The van der Waals surface area contributed by atoms with Crippen LogP contribution in [0.15, 0.2) is 18.2 Å². The van der Waals surface area contributed by atoms with Crippen LogP contribution in [-0.4, -0.2) is 23.9 Å². The van der Waals surface area contributed by atoms with Crippen molar-refractivity contribution in [1.29, 1.82) is 0 Å². The van der Waals surface area contributed by atoms with E-state index in [4.69, 9.17) is 0 Å². The van der Waals surface area contributed by atoms with Crippen LogP contribution in [-0.2, 0) is 4.79 Å². The molecule has 5 rings (SSSR count). The minimum Gasteiger partial charge on any atom is -0.351 e. The lowest BCUT2D eigenvalue weighted by Gasteiger charge is -2.59. The molecule has 164 valence electrons. The molecule has 0 saturated heterocycles. The van der Waals surface area contributed by atoms with Crippen molar-refractivity contribution in [2.75, 3.05) is 0 Å². The van der Waals surface area contributed by atoms with Gasteiger partial charge in [0.25, 0.3) is 5.91 Å². The summed E-state index contributed by atoms with van der Waals surface area (Å²) in [6.07, 6.45) is 7.50. The van der Waals surface area contributed by atoms with Crippen LogP contribution in [0.2, 0.25) is 0 Å². The Morgan fingerprint density at radius 1 is 0.933 bits per heavy atom. The number of amides is 2. The molecule has 4 nitrogen and oxygen atoms in total. The predicted molar refractivity (Wildman–Crippen MR) is 111 cm³/mol.